The van der Waals surface area contributed by atoms with Crippen LogP contribution in [0.1, 0.15) is 102 Å². The van der Waals surface area contributed by atoms with Crippen LogP contribution in [0.4, 0.5) is 0 Å². The van der Waals surface area contributed by atoms with Crippen LogP contribution in [0.25, 0.3) is 49.8 Å². The van der Waals surface area contributed by atoms with E-state index in [1.807, 2.05) is 67.6 Å². The van der Waals surface area contributed by atoms with E-state index in [9.17, 15) is 0 Å². The lowest BCUT2D eigenvalue weighted by Gasteiger charge is -2.27. The number of rotatable bonds is 6. The highest BCUT2D eigenvalue weighted by Gasteiger charge is 2.41. The summed E-state index contributed by atoms with van der Waals surface area (Å²) in [6, 6.07) is 54.9. The quantitative estimate of drug-likeness (QED) is 0.0991. The maximum Gasteiger partial charge on any atom is 0.177 e. The van der Waals surface area contributed by atoms with Crippen LogP contribution in [-0.2, 0) is 5.41 Å². The number of nitrogens with one attached hydrogen (secondary N) is 1. The Bertz CT molecular complexity index is 3370. The normalized spacial score (nSPS) is 15.5. The van der Waals surface area contributed by atoms with Gasteiger partial charge in [0.15, 0.2) is 23.0 Å². The highest BCUT2D eigenvalue weighted by atomic mass is 16.6. The molecule has 8 aromatic rings. The molecule has 2 heterocycles. The number of hydrogen-bond donors (Lipinski definition) is 2. The highest BCUT2D eigenvalue weighted by Crippen LogP contribution is 2.59. The molecule has 1 atom stereocenters. The van der Waals surface area contributed by atoms with Crippen molar-refractivity contribution in [3.63, 3.8) is 0 Å². The number of allylic oxidation sites excluding steroid dienone is 9. The van der Waals surface area contributed by atoms with Gasteiger partial charge < -0.3 is 19.8 Å². The summed E-state index contributed by atoms with van der Waals surface area (Å²) < 4.78 is 15.4. The summed E-state index contributed by atoms with van der Waals surface area (Å²) in [7, 11) is 0. The van der Waals surface area contributed by atoms with Crippen LogP contribution < -0.4 is 15.2 Å². The van der Waals surface area contributed by atoms with Gasteiger partial charge in [-0.15, -0.1) is 0 Å². The molecule has 3 aliphatic carbocycles. The number of nitrogen functional groups attached to an aromatic ring is 1. The van der Waals surface area contributed by atoms with Crippen LogP contribution in [0, 0.1) is 16.7 Å². The first-order valence-corrected chi connectivity index (χ1v) is 25.3. The molecular formula is C67H67N3O2. The molecule has 12 rings (SSSR count). The van der Waals surface area contributed by atoms with Crippen molar-refractivity contribution in [1.29, 1.82) is 5.41 Å². The summed E-state index contributed by atoms with van der Waals surface area (Å²) in [5.41, 5.74) is 21.8. The molecule has 1 unspecified atom stereocenters. The van der Waals surface area contributed by atoms with Crippen molar-refractivity contribution in [2.75, 3.05) is 0 Å². The maximum absolute atomic E-state index is 7.62. The number of nitrogens with two attached hydrogens (primary N) is 1. The predicted octanol–water partition coefficient (Wildman–Crippen LogP) is 18.3. The summed E-state index contributed by atoms with van der Waals surface area (Å²) in [4.78, 5) is 0. The second-order valence-corrected chi connectivity index (χ2v) is 20.8. The minimum atomic E-state index is -0.0411. The Labute approximate surface area is 426 Å². The van der Waals surface area contributed by atoms with Gasteiger partial charge in [-0.2, -0.15) is 0 Å². The topological polar surface area (TPSA) is 73.3 Å². The largest absolute Gasteiger partial charge is 0.449 e. The van der Waals surface area contributed by atoms with Gasteiger partial charge in [-0.05, 0) is 106 Å². The van der Waals surface area contributed by atoms with Crippen molar-refractivity contribution in [1.82, 2.24) is 4.57 Å². The number of aromatic nitrogens is 1. The van der Waals surface area contributed by atoms with Crippen molar-refractivity contribution in [3.8, 4) is 39.8 Å². The molecule has 0 fully saturated rings. The minimum absolute atomic E-state index is 0.0411. The molecule has 0 saturated heterocycles. The molecule has 0 saturated carbocycles. The molecule has 4 aliphatic rings. The van der Waals surface area contributed by atoms with Crippen molar-refractivity contribution in [2.45, 2.75) is 79.6 Å². The van der Waals surface area contributed by atoms with Crippen molar-refractivity contribution in [3.05, 3.63) is 234 Å². The third kappa shape index (κ3) is 9.77. The standard InChI is InChI=1S/C28H24N2O2.C27H19N.C7H16.C5H8/c1-28(2)20-8-4-3-6-19(20)24-21(28)14-15-23-26(24)32-22-9-5-7-18(25(22)31-23)16-10-12-17(13-11-16)27(29)30;1-2-8-19(9-3-1)24-18-25(24)20-14-16-21(17-15-20)28-26-12-6-4-10-22(26)23-11-5-7-13-27(23)28;1-6(2)7(3,4)5;1-3-5-4-2/h4-5,7-15H,3,6H2,1-2H3,(H3,29,30);1-18,24H;6H,1-5H3;3-5H,1H2,2H3/b;;;5-4-. The van der Waals surface area contributed by atoms with E-state index in [2.05, 4.69) is 187 Å². The average Bonchev–Trinajstić information content (AvgIpc) is 4.08. The van der Waals surface area contributed by atoms with Gasteiger partial charge in [0.1, 0.15) is 5.84 Å². The van der Waals surface area contributed by atoms with E-state index in [1.54, 1.807) is 6.08 Å². The summed E-state index contributed by atoms with van der Waals surface area (Å²) in [6.45, 7) is 21.3. The zero-order valence-corrected chi connectivity index (χ0v) is 43.1. The minimum Gasteiger partial charge on any atom is -0.449 e. The summed E-state index contributed by atoms with van der Waals surface area (Å²) >= 11 is 0. The molecule has 1 aliphatic heterocycles. The smallest absolute Gasteiger partial charge is 0.177 e. The lowest BCUT2D eigenvalue weighted by Crippen LogP contribution is -2.16. The van der Waals surface area contributed by atoms with Gasteiger partial charge in [-0.25, -0.2) is 0 Å². The molecular weight excluding hydrogens is 879 g/mol. The van der Waals surface area contributed by atoms with Crippen molar-refractivity contribution in [2.24, 2.45) is 17.1 Å². The van der Waals surface area contributed by atoms with Crippen LogP contribution in [-0.4, -0.2) is 10.4 Å². The third-order valence-electron chi connectivity index (χ3n) is 14.7. The van der Waals surface area contributed by atoms with Crippen molar-refractivity contribution >= 4 is 38.8 Å². The molecule has 5 nitrogen and oxygen atoms in total. The summed E-state index contributed by atoms with van der Waals surface area (Å²) in [6.07, 6.45) is 14.6. The van der Waals surface area contributed by atoms with Crippen LogP contribution in [0.15, 0.2) is 206 Å². The lowest BCUT2D eigenvalue weighted by atomic mass is 9.80. The van der Waals surface area contributed by atoms with E-state index in [-0.39, 0.29) is 11.3 Å². The molecule has 5 heteroatoms. The van der Waals surface area contributed by atoms with E-state index < -0.39 is 0 Å². The van der Waals surface area contributed by atoms with Crippen LogP contribution in [0.5, 0.6) is 23.0 Å². The Kier molecular flexibility index (Phi) is 13.9. The second-order valence-electron chi connectivity index (χ2n) is 20.8. The Morgan fingerprint density at radius 3 is 1.93 bits per heavy atom. The number of nitrogens with zero attached hydrogens (tertiary/aromatic N) is 1. The first-order chi connectivity index (χ1) is 34.7. The average molecular weight is 946 g/mol. The Hall–Kier alpha value is -7.89. The number of benzene rings is 7. The number of hydrogen-bond acceptors (Lipinski definition) is 3. The number of amidine groups is 1. The SMILES string of the molecule is C1=C(c2ccc(-n3c4ccccc4c4ccccc43)cc2)C1c1ccccc1.C=C/C=C\C.CC(C)C(C)(C)C.CC1(C)C2=C(CCC=C2)c2c1ccc1c2Oc2cccc(-c3ccc(C(=N)N)cc3)c2O1. The first-order valence-electron chi connectivity index (χ1n) is 25.3. The monoisotopic (exact) mass is 946 g/mol. The number of ether oxygens (including phenoxy) is 2. The molecule has 1 aromatic heterocycles. The Balaban J connectivity index is 0.000000146. The Morgan fingerprint density at radius 1 is 0.736 bits per heavy atom. The molecule has 3 N–H and O–H groups in total. The van der Waals surface area contributed by atoms with E-state index in [0.717, 1.165) is 47.1 Å². The summed E-state index contributed by atoms with van der Waals surface area (Å²) in [5, 5.41) is 10.2. The van der Waals surface area contributed by atoms with Crippen LogP contribution in [0.2, 0.25) is 0 Å². The number of fused-ring (bicyclic) bond motifs is 8. The second kappa shape index (κ2) is 20.4. The Morgan fingerprint density at radius 2 is 1.33 bits per heavy atom. The zero-order chi connectivity index (χ0) is 50.7. The van der Waals surface area contributed by atoms with Gasteiger partial charge in [0, 0.05) is 44.5 Å². The fraction of sp³-hybridized carbons (Fsp3) is 0.209. The number of para-hydroxylation sites is 3. The molecule has 0 bridgehead atoms. The van der Waals surface area contributed by atoms with Gasteiger partial charge in [-0.1, -0.05) is 213 Å². The van der Waals surface area contributed by atoms with E-state index in [0.29, 0.717) is 22.6 Å². The van der Waals surface area contributed by atoms with Gasteiger partial charge in [0.2, 0.25) is 0 Å². The van der Waals surface area contributed by atoms with Gasteiger partial charge in [0.25, 0.3) is 0 Å². The molecule has 0 spiro atoms. The first kappa shape index (κ1) is 49.1. The fourth-order valence-corrected chi connectivity index (χ4v) is 9.68. The van der Waals surface area contributed by atoms with E-state index in [1.165, 1.54) is 66.5 Å². The van der Waals surface area contributed by atoms with Crippen LogP contribution in [0.3, 0.4) is 0 Å². The molecule has 7 aromatic carbocycles. The molecule has 362 valence electrons. The molecule has 0 amide bonds. The molecule has 72 heavy (non-hydrogen) atoms. The summed E-state index contributed by atoms with van der Waals surface area (Å²) in [5.74, 6) is 4.34. The fourth-order valence-electron chi connectivity index (χ4n) is 9.68. The zero-order valence-electron chi connectivity index (χ0n) is 43.1. The lowest BCUT2D eigenvalue weighted by molar-refractivity contribution is 0.283. The molecule has 0 radical (unpaired) electrons. The van der Waals surface area contributed by atoms with Crippen molar-refractivity contribution < 1.29 is 9.47 Å². The van der Waals surface area contributed by atoms with Gasteiger partial charge >= 0.3 is 0 Å². The van der Waals surface area contributed by atoms with Gasteiger partial charge in [-0.3, -0.25) is 5.41 Å². The van der Waals surface area contributed by atoms with E-state index >= 15 is 0 Å². The predicted molar refractivity (Wildman–Crippen MR) is 305 cm³/mol. The third-order valence-corrected chi connectivity index (χ3v) is 14.7. The van der Waals surface area contributed by atoms with Gasteiger partial charge in [0.05, 0.1) is 11.0 Å². The van der Waals surface area contributed by atoms with E-state index in [4.69, 9.17) is 20.6 Å². The highest BCUT2D eigenvalue weighted by molar-refractivity contribution is 6.09. The van der Waals surface area contributed by atoms with Crippen LogP contribution >= 0.6 is 0 Å². The maximum atomic E-state index is 7.62.